The van der Waals surface area contributed by atoms with Gasteiger partial charge in [-0.25, -0.2) is 0 Å². The molecule has 1 aliphatic heterocycles. The Labute approximate surface area is 99.8 Å². The molecule has 0 radical (unpaired) electrons. The third-order valence-corrected chi connectivity index (χ3v) is 4.90. The third-order valence-electron chi connectivity index (χ3n) is 4.90. The van der Waals surface area contributed by atoms with Gasteiger partial charge < -0.3 is 10.2 Å². The number of nitrogens with one attached hydrogen (secondary N) is 1. The SMILES string of the molecule is CC1CCN(CC2(C3CC3)CC2)CCCN1. The Morgan fingerprint density at radius 3 is 2.69 bits per heavy atom. The number of rotatable bonds is 3. The number of nitrogens with zero attached hydrogens (tertiary/aromatic N) is 1. The molecule has 0 aromatic rings. The molecule has 3 aliphatic rings. The summed E-state index contributed by atoms with van der Waals surface area (Å²) in [5, 5.41) is 3.59. The van der Waals surface area contributed by atoms with Crippen molar-refractivity contribution in [2.75, 3.05) is 26.2 Å². The lowest BCUT2D eigenvalue weighted by Gasteiger charge is -2.31. The van der Waals surface area contributed by atoms with E-state index in [2.05, 4.69) is 17.1 Å². The molecule has 0 bridgehead atoms. The molecule has 2 nitrogen and oxygen atoms in total. The van der Waals surface area contributed by atoms with E-state index in [4.69, 9.17) is 0 Å². The molecule has 0 spiro atoms. The van der Waals surface area contributed by atoms with Crippen molar-refractivity contribution in [3.8, 4) is 0 Å². The summed E-state index contributed by atoms with van der Waals surface area (Å²) in [5.41, 5.74) is 0.801. The van der Waals surface area contributed by atoms with Gasteiger partial charge in [0.15, 0.2) is 0 Å². The van der Waals surface area contributed by atoms with Crippen molar-refractivity contribution in [2.45, 2.75) is 51.5 Å². The zero-order valence-electron chi connectivity index (χ0n) is 10.7. The fourth-order valence-electron chi connectivity index (χ4n) is 3.40. The molecule has 0 aromatic heterocycles. The van der Waals surface area contributed by atoms with Crippen LogP contribution in [0.25, 0.3) is 0 Å². The Bertz CT molecular complexity index is 243. The first-order valence-corrected chi connectivity index (χ1v) is 7.24. The van der Waals surface area contributed by atoms with E-state index < -0.39 is 0 Å². The van der Waals surface area contributed by atoms with Crippen LogP contribution < -0.4 is 5.32 Å². The molecule has 2 heteroatoms. The van der Waals surface area contributed by atoms with Crippen molar-refractivity contribution in [2.24, 2.45) is 11.3 Å². The Kier molecular flexibility index (Phi) is 2.97. The summed E-state index contributed by atoms with van der Waals surface area (Å²) in [6.45, 7) is 7.62. The minimum absolute atomic E-state index is 0.721. The summed E-state index contributed by atoms with van der Waals surface area (Å²) in [6.07, 6.45) is 8.80. The molecule has 1 N–H and O–H groups in total. The zero-order chi connectivity index (χ0) is 11.0. The highest BCUT2D eigenvalue weighted by atomic mass is 15.1. The molecule has 16 heavy (non-hydrogen) atoms. The quantitative estimate of drug-likeness (QED) is 0.788. The summed E-state index contributed by atoms with van der Waals surface area (Å²) in [5.74, 6) is 1.12. The minimum atomic E-state index is 0.721. The maximum absolute atomic E-state index is 3.59. The molecule has 1 atom stereocenters. The van der Waals surface area contributed by atoms with Crippen molar-refractivity contribution in [1.29, 1.82) is 0 Å². The van der Waals surface area contributed by atoms with Gasteiger partial charge in [0.1, 0.15) is 0 Å². The molecule has 1 heterocycles. The van der Waals surface area contributed by atoms with E-state index in [1.165, 1.54) is 64.7 Å². The summed E-state index contributed by atoms with van der Waals surface area (Å²) in [6, 6.07) is 0.721. The third kappa shape index (κ3) is 2.43. The molecule has 3 rings (SSSR count). The lowest BCUT2D eigenvalue weighted by molar-refractivity contribution is 0.183. The van der Waals surface area contributed by atoms with E-state index >= 15 is 0 Å². The predicted molar refractivity (Wildman–Crippen MR) is 67.5 cm³/mol. The van der Waals surface area contributed by atoms with E-state index in [0.29, 0.717) is 0 Å². The molecular weight excluding hydrogens is 196 g/mol. The topological polar surface area (TPSA) is 15.3 Å². The fraction of sp³-hybridized carbons (Fsp3) is 1.00. The maximum Gasteiger partial charge on any atom is 0.00509 e. The summed E-state index contributed by atoms with van der Waals surface area (Å²) < 4.78 is 0. The van der Waals surface area contributed by atoms with Gasteiger partial charge in [-0.3, -0.25) is 0 Å². The summed E-state index contributed by atoms with van der Waals surface area (Å²) >= 11 is 0. The van der Waals surface area contributed by atoms with Gasteiger partial charge in [0.25, 0.3) is 0 Å². The fourth-order valence-corrected chi connectivity index (χ4v) is 3.40. The van der Waals surface area contributed by atoms with E-state index in [1.54, 1.807) is 0 Å². The van der Waals surface area contributed by atoms with Gasteiger partial charge in [-0.05, 0) is 76.4 Å². The van der Waals surface area contributed by atoms with Gasteiger partial charge in [0, 0.05) is 12.6 Å². The van der Waals surface area contributed by atoms with E-state index in [1.807, 2.05) is 0 Å². The van der Waals surface area contributed by atoms with Gasteiger partial charge >= 0.3 is 0 Å². The smallest absolute Gasteiger partial charge is 0.00509 e. The van der Waals surface area contributed by atoms with Crippen LogP contribution >= 0.6 is 0 Å². The first kappa shape index (κ1) is 11.0. The summed E-state index contributed by atoms with van der Waals surface area (Å²) in [4.78, 5) is 2.77. The maximum atomic E-state index is 3.59. The molecule has 0 amide bonds. The van der Waals surface area contributed by atoms with Gasteiger partial charge in [0.2, 0.25) is 0 Å². The van der Waals surface area contributed by atoms with Crippen LogP contribution in [0.2, 0.25) is 0 Å². The Balaban J connectivity index is 1.52. The second-order valence-corrected chi connectivity index (χ2v) is 6.41. The highest BCUT2D eigenvalue weighted by Gasteiger charge is 2.54. The van der Waals surface area contributed by atoms with E-state index in [-0.39, 0.29) is 0 Å². The van der Waals surface area contributed by atoms with E-state index in [9.17, 15) is 0 Å². The van der Waals surface area contributed by atoms with Gasteiger partial charge in [0.05, 0.1) is 0 Å². The van der Waals surface area contributed by atoms with Crippen molar-refractivity contribution < 1.29 is 0 Å². The van der Waals surface area contributed by atoms with Crippen molar-refractivity contribution in [3.63, 3.8) is 0 Å². The summed E-state index contributed by atoms with van der Waals surface area (Å²) in [7, 11) is 0. The van der Waals surface area contributed by atoms with Crippen LogP contribution in [0.3, 0.4) is 0 Å². The molecule has 2 aliphatic carbocycles. The van der Waals surface area contributed by atoms with Crippen LogP contribution in [0.15, 0.2) is 0 Å². The van der Waals surface area contributed by atoms with Crippen LogP contribution in [0.4, 0.5) is 0 Å². The van der Waals surface area contributed by atoms with Crippen molar-refractivity contribution >= 4 is 0 Å². The number of hydrogen-bond acceptors (Lipinski definition) is 2. The van der Waals surface area contributed by atoms with Crippen molar-refractivity contribution in [1.82, 2.24) is 10.2 Å². The molecule has 1 unspecified atom stereocenters. The number of hydrogen-bond donors (Lipinski definition) is 1. The first-order chi connectivity index (χ1) is 7.78. The van der Waals surface area contributed by atoms with Crippen LogP contribution in [0.1, 0.15) is 45.4 Å². The predicted octanol–water partition coefficient (Wildman–Crippen LogP) is 2.25. The van der Waals surface area contributed by atoms with Crippen molar-refractivity contribution in [3.05, 3.63) is 0 Å². The minimum Gasteiger partial charge on any atom is -0.314 e. The first-order valence-electron chi connectivity index (χ1n) is 7.24. The van der Waals surface area contributed by atoms with Crippen LogP contribution in [0.5, 0.6) is 0 Å². The van der Waals surface area contributed by atoms with Gasteiger partial charge in [-0.1, -0.05) is 0 Å². The Morgan fingerprint density at radius 2 is 2.00 bits per heavy atom. The Morgan fingerprint density at radius 1 is 1.19 bits per heavy atom. The lowest BCUT2D eigenvalue weighted by atomic mass is 9.99. The molecule has 2 saturated carbocycles. The normalized spacial score (nSPS) is 35.4. The highest BCUT2D eigenvalue weighted by Crippen LogP contribution is 2.61. The highest BCUT2D eigenvalue weighted by molar-refractivity contribution is 5.05. The van der Waals surface area contributed by atoms with Gasteiger partial charge in [-0.2, -0.15) is 0 Å². The molecule has 0 aromatic carbocycles. The molecule has 92 valence electrons. The average molecular weight is 222 g/mol. The van der Waals surface area contributed by atoms with Gasteiger partial charge in [-0.15, -0.1) is 0 Å². The van der Waals surface area contributed by atoms with E-state index in [0.717, 1.165) is 17.4 Å². The lowest BCUT2D eigenvalue weighted by Crippen LogP contribution is -2.41. The zero-order valence-corrected chi connectivity index (χ0v) is 10.7. The molecular formula is C14H26N2. The largest absolute Gasteiger partial charge is 0.314 e. The molecule has 1 saturated heterocycles. The standard InChI is InChI=1S/C14H26N2/c1-12-5-10-16(9-2-8-15-12)11-14(6-7-14)13-3-4-13/h12-13,15H,2-11H2,1H3. The molecule has 3 fully saturated rings. The van der Waals surface area contributed by atoms with Crippen LogP contribution in [-0.2, 0) is 0 Å². The second-order valence-electron chi connectivity index (χ2n) is 6.41. The Hall–Kier alpha value is -0.0800. The second kappa shape index (κ2) is 4.30. The van der Waals surface area contributed by atoms with Crippen LogP contribution in [-0.4, -0.2) is 37.1 Å². The monoisotopic (exact) mass is 222 g/mol. The van der Waals surface area contributed by atoms with Crippen LogP contribution in [0, 0.1) is 11.3 Å². The average Bonchev–Trinajstić information content (AvgIpc) is 3.09.